The van der Waals surface area contributed by atoms with Crippen LogP contribution in [0.4, 0.5) is 19.2 Å². The standard InChI is InChI=1S/C47H50N8O6.C47H48N8O6.CH4.H2/c2*1-28(2)39(52-46(58)60-3)44(56)55-25-9-13-38(55)43-49-35-23-21-33-26-30(18-22-34(33)41(35)51-43)15-14-29-16-19-31(20-17-29)36-27-48-42(50-36)37-12-8-24-54(37)45(57)40(53-47(59)61-4)32-10-6-5-7-11-32;;/h5-7,10-11,16-20,22,26-28,37-40H,8-9,12-13,21,23-25H2,1-4H3,(H,48,50)(H,49,51)(H,52,58)(H,53,59);5-7,10-11,16-23,26-28,37-40H,8-9,12-13,24-25H2,1-4H3,(H,48,50)(H,49,51)(H,52,58)(H,53,59);1H4;1H/t2*37?,38-,39-,40+;;/m00../s1/i;;;1+1D. The second kappa shape index (κ2) is 38.2. The predicted octanol–water partition coefficient (Wildman–Crippen LogP) is 15.0. The molecule has 16 rings (SSSR count). The van der Waals surface area contributed by atoms with Gasteiger partial charge >= 0.3 is 24.4 Å². The fourth-order valence-corrected chi connectivity index (χ4v) is 17.0. The first kappa shape index (κ1) is 84.0. The fourth-order valence-electron chi connectivity index (χ4n) is 17.0. The first-order chi connectivity index (χ1) is 60.2. The van der Waals surface area contributed by atoms with Gasteiger partial charge in [0, 0.05) is 68.0 Å². The molecule has 8 atom stereocenters. The Morgan fingerprint density at radius 2 is 0.846 bits per heavy atom. The van der Waals surface area contributed by atoms with Crippen LogP contribution >= 0.6 is 0 Å². The number of methoxy groups -OCH3 is 4. The van der Waals surface area contributed by atoms with Gasteiger partial charge in [0.1, 0.15) is 47.5 Å². The summed E-state index contributed by atoms with van der Waals surface area (Å²) in [6.45, 7) is 9.91. The zero-order chi connectivity index (χ0) is 87.2. The van der Waals surface area contributed by atoms with Crippen LogP contribution in [0.25, 0.3) is 55.6 Å². The largest absolute Gasteiger partial charge is 0.453 e. The number of carbonyl (C=O) groups excluding carboxylic acids is 8. The monoisotopic (exact) mass is 1660 g/mol. The third-order valence-corrected chi connectivity index (χ3v) is 23.4. The number of rotatable bonds is 18. The van der Waals surface area contributed by atoms with Crippen molar-refractivity contribution in [2.75, 3.05) is 54.6 Å². The summed E-state index contributed by atoms with van der Waals surface area (Å²) in [6.07, 6.45) is 9.00. The van der Waals surface area contributed by atoms with E-state index in [-0.39, 0.29) is 67.1 Å². The van der Waals surface area contributed by atoms with E-state index in [9.17, 15) is 38.4 Å². The average Bonchev–Trinajstić information content (AvgIpc) is 1.63. The van der Waals surface area contributed by atoms with Crippen LogP contribution in [0.5, 0.6) is 0 Å². The number of hydrogen-bond donors (Lipinski definition) is 8. The Morgan fingerprint density at radius 1 is 0.439 bits per heavy atom. The Kier molecular flexibility index (Phi) is 26.1. The summed E-state index contributed by atoms with van der Waals surface area (Å²) in [4.78, 5) is 144. The first-order valence-electron chi connectivity index (χ1n) is 42.4. The van der Waals surface area contributed by atoms with Gasteiger partial charge in [-0.2, -0.15) is 0 Å². The number of ether oxygens (including phenoxy) is 4. The fraction of sp³-hybridized carbons (Fsp3) is 0.347. The van der Waals surface area contributed by atoms with E-state index < -0.39 is 48.5 Å². The van der Waals surface area contributed by atoms with Crippen molar-refractivity contribution in [2.45, 2.75) is 148 Å². The molecule has 4 aromatic heterocycles. The Balaban J connectivity index is 0.000000209. The van der Waals surface area contributed by atoms with Gasteiger partial charge in [0.2, 0.25) is 11.8 Å². The molecule has 0 saturated carbocycles. The lowest BCUT2D eigenvalue weighted by atomic mass is 9.91. The van der Waals surface area contributed by atoms with Crippen LogP contribution in [0.3, 0.4) is 0 Å². The highest BCUT2D eigenvalue weighted by atomic mass is 16.5. The normalized spacial score (nSPS) is 17.4. The van der Waals surface area contributed by atoms with E-state index in [2.05, 4.69) is 88.1 Å². The molecule has 0 bridgehead atoms. The van der Waals surface area contributed by atoms with Crippen molar-refractivity contribution in [1.82, 2.24) is 80.7 Å². The number of aromatic nitrogens is 8. The lowest BCUT2D eigenvalue weighted by Gasteiger charge is -2.30. The summed E-state index contributed by atoms with van der Waals surface area (Å²) < 4.78 is 29.2. The molecule has 0 spiro atoms. The molecule has 8 heterocycles. The van der Waals surface area contributed by atoms with Crippen LogP contribution in [0.15, 0.2) is 170 Å². The number of nitrogens with one attached hydrogen (secondary N) is 8. The van der Waals surface area contributed by atoms with E-state index in [0.29, 0.717) is 49.0 Å². The van der Waals surface area contributed by atoms with Crippen molar-refractivity contribution in [3.63, 3.8) is 0 Å². The Labute approximate surface area is 716 Å². The van der Waals surface area contributed by atoms with Crippen molar-refractivity contribution in [3.05, 3.63) is 238 Å². The maximum atomic E-state index is 13.9. The molecule has 5 aliphatic rings. The van der Waals surface area contributed by atoms with Crippen LogP contribution in [-0.2, 0) is 51.0 Å². The number of alkyl carbamates (subject to hydrolysis) is 4. The number of imidazole rings is 4. The van der Waals surface area contributed by atoms with Crippen LogP contribution in [0.1, 0.15) is 194 Å². The minimum Gasteiger partial charge on any atom is -0.453 e. The second-order valence-corrected chi connectivity index (χ2v) is 31.8. The van der Waals surface area contributed by atoms with Gasteiger partial charge in [-0.1, -0.05) is 162 Å². The lowest BCUT2D eigenvalue weighted by molar-refractivity contribution is -0.136. The van der Waals surface area contributed by atoms with E-state index in [4.69, 9.17) is 36.9 Å². The maximum Gasteiger partial charge on any atom is 0.407 e. The number of aryl methyl sites for hydroxylation is 2. The number of aromatic amines is 4. The molecule has 11 aromatic rings. The SMILES string of the molecule is C.COC(=O)N[C@H](C(=O)N1CCC[C@H]1c1nc2c([nH]1)CCc1cc(C#Cc3ccc(-c4cnc(C5CCCN5C(=O)[C@H](NC(=O)OC)c5ccccc5)[nH]4)cc3)ccc1-2)C(C)C.COC(=O)N[C@H](C(=O)N1CCC[C@H]1c1nc2c(ccc3cc(C#Cc4ccc(-c5cnc(C6CCCN6C(=O)[C@H](NC(=O)OC)c6ccccc6)[nH]5)cc4)ccc32)[nH]1)C(C)C.[2H][2H]. The van der Waals surface area contributed by atoms with Gasteiger partial charge in [0.25, 0.3) is 11.8 Å². The summed E-state index contributed by atoms with van der Waals surface area (Å²) in [7, 11) is 5.14. The molecule has 0 radical (unpaired) electrons. The van der Waals surface area contributed by atoms with E-state index in [1.165, 1.54) is 34.0 Å². The number of H-pyrrole nitrogens is 4. The molecule has 8 amide bonds. The van der Waals surface area contributed by atoms with Crippen LogP contribution < -0.4 is 21.3 Å². The molecule has 4 saturated heterocycles. The van der Waals surface area contributed by atoms with Crippen molar-refractivity contribution >= 4 is 69.8 Å². The number of amides is 8. The van der Waals surface area contributed by atoms with Gasteiger partial charge in [-0.05, 0) is 164 Å². The van der Waals surface area contributed by atoms with Gasteiger partial charge in [-0.25, -0.2) is 39.1 Å². The number of nitrogens with zero attached hydrogens (tertiary/aromatic N) is 8. The predicted molar refractivity (Wildman–Crippen MR) is 466 cm³/mol. The highest BCUT2D eigenvalue weighted by Crippen LogP contribution is 2.41. The molecule has 28 heteroatoms. The summed E-state index contributed by atoms with van der Waals surface area (Å²) in [5, 5.41) is 12.8. The average molecular weight is 1660 g/mol. The van der Waals surface area contributed by atoms with Crippen LogP contribution in [0.2, 0.25) is 0 Å². The summed E-state index contributed by atoms with van der Waals surface area (Å²) in [5.74, 6) is 15.2. The van der Waals surface area contributed by atoms with Crippen molar-refractivity contribution in [3.8, 4) is 57.5 Å². The van der Waals surface area contributed by atoms with E-state index >= 15 is 0 Å². The van der Waals surface area contributed by atoms with Crippen LogP contribution in [0, 0.1) is 35.5 Å². The van der Waals surface area contributed by atoms with Gasteiger partial charge in [0.05, 0.1) is 93.1 Å². The number of carbonyl (C=O) groups is 8. The van der Waals surface area contributed by atoms with Crippen molar-refractivity contribution < 1.29 is 60.3 Å². The molecule has 123 heavy (non-hydrogen) atoms. The van der Waals surface area contributed by atoms with E-state index in [0.717, 1.165) is 159 Å². The minimum absolute atomic E-state index is 0. The number of fused-ring (bicyclic) bond motifs is 6. The molecule has 2 unspecified atom stereocenters. The lowest BCUT2D eigenvalue weighted by Crippen LogP contribution is -2.51. The number of benzene rings is 7. The van der Waals surface area contributed by atoms with Gasteiger partial charge in [0.15, 0.2) is 0 Å². The summed E-state index contributed by atoms with van der Waals surface area (Å²) >= 11 is 0. The molecule has 1 aliphatic carbocycles. The summed E-state index contributed by atoms with van der Waals surface area (Å²) in [6, 6.07) is 46.5. The highest BCUT2D eigenvalue weighted by molar-refractivity contribution is 6.05. The first-order valence-corrected chi connectivity index (χ1v) is 41.4. The Bertz CT molecular complexity index is 5850. The number of hydrogen-bond acceptors (Lipinski definition) is 16. The quantitative estimate of drug-likeness (QED) is 0.0292. The molecule has 7 aromatic carbocycles. The third-order valence-electron chi connectivity index (χ3n) is 23.4. The highest BCUT2D eigenvalue weighted by Gasteiger charge is 2.43. The minimum atomic E-state index is -0.885. The Hall–Kier alpha value is -14.0. The van der Waals surface area contributed by atoms with Gasteiger partial charge in [-0.3, -0.25) is 19.2 Å². The zero-order valence-electron chi connectivity index (χ0n) is 71.3. The molecular weight excluding hydrogens is 1560 g/mol. The molecular formula is C95H104N16O12. The van der Waals surface area contributed by atoms with Gasteiger partial charge < -0.3 is 79.8 Å². The summed E-state index contributed by atoms with van der Waals surface area (Å²) in [5.41, 5.74) is 14.3. The number of likely N-dealkylation sites (tertiary alicyclic amines) is 4. The van der Waals surface area contributed by atoms with E-state index in [1.54, 1.807) is 22.2 Å². The van der Waals surface area contributed by atoms with E-state index in [1.807, 2.05) is 177 Å². The van der Waals surface area contributed by atoms with Crippen LogP contribution in [-0.4, -0.2) is 174 Å². The third kappa shape index (κ3) is 18.8. The molecule has 4 fully saturated rings. The molecule has 4 aliphatic heterocycles. The van der Waals surface area contributed by atoms with Gasteiger partial charge in [-0.15, -0.1) is 0 Å². The zero-order valence-corrected chi connectivity index (χ0v) is 69.3. The molecule has 28 nitrogen and oxygen atoms in total. The molecule has 8 N–H and O–H groups in total. The molecule has 636 valence electrons. The Morgan fingerprint density at radius 3 is 1.30 bits per heavy atom. The van der Waals surface area contributed by atoms with Crippen molar-refractivity contribution in [2.24, 2.45) is 11.8 Å². The second-order valence-electron chi connectivity index (χ2n) is 31.8. The smallest absolute Gasteiger partial charge is 0.407 e. The topological polar surface area (TPSA) is 349 Å². The van der Waals surface area contributed by atoms with Crippen molar-refractivity contribution in [1.29, 1.82) is 0 Å². The maximum absolute atomic E-state index is 13.9.